The number of nitrogens with one attached hydrogen (secondary N) is 1. The number of thioether (sulfide) groups is 1. The van der Waals surface area contributed by atoms with Crippen LogP contribution < -0.4 is 5.32 Å². The number of nitrogens with zero attached hydrogens (tertiary/aromatic N) is 1. The molecule has 1 aromatic rings. The normalized spacial score (nSPS) is 16.2. The molecule has 0 unspecified atom stereocenters. The molecule has 2 nitrogen and oxygen atoms in total. The number of halogens is 2. The zero-order valence-corrected chi connectivity index (χ0v) is 11.4. The summed E-state index contributed by atoms with van der Waals surface area (Å²) < 4.78 is 0. The SMILES string of the molecule is Cc1cc(Cl)c(CSCC2CNC2)c(Cl)n1. The van der Waals surface area contributed by atoms with Crippen LogP contribution >= 0.6 is 35.0 Å². The van der Waals surface area contributed by atoms with Crippen LogP contribution in [0.15, 0.2) is 6.07 Å². The average molecular weight is 277 g/mol. The minimum atomic E-state index is 0.546. The molecule has 88 valence electrons. The largest absolute Gasteiger partial charge is 0.316 e. The Bertz CT molecular complexity index is 357. The Morgan fingerprint density at radius 1 is 1.50 bits per heavy atom. The van der Waals surface area contributed by atoms with Crippen LogP contribution in [0.25, 0.3) is 0 Å². The summed E-state index contributed by atoms with van der Waals surface area (Å²) in [5, 5.41) is 4.54. The van der Waals surface area contributed by atoms with Gasteiger partial charge in [0.15, 0.2) is 0 Å². The fourth-order valence-corrected chi connectivity index (χ4v) is 3.55. The molecular weight excluding hydrogens is 263 g/mol. The Morgan fingerprint density at radius 3 is 2.81 bits per heavy atom. The molecule has 0 aliphatic carbocycles. The molecule has 1 saturated heterocycles. The highest BCUT2D eigenvalue weighted by atomic mass is 35.5. The molecule has 16 heavy (non-hydrogen) atoms. The van der Waals surface area contributed by atoms with Crippen molar-refractivity contribution in [3.63, 3.8) is 0 Å². The summed E-state index contributed by atoms with van der Waals surface area (Å²) in [4.78, 5) is 4.22. The van der Waals surface area contributed by atoms with Crippen LogP contribution in [0.3, 0.4) is 0 Å². The van der Waals surface area contributed by atoms with Gasteiger partial charge in [-0.25, -0.2) is 4.98 Å². The smallest absolute Gasteiger partial charge is 0.134 e. The molecule has 5 heteroatoms. The molecule has 0 aromatic carbocycles. The van der Waals surface area contributed by atoms with Crippen molar-refractivity contribution in [3.8, 4) is 0 Å². The highest BCUT2D eigenvalue weighted by molar-refractivity contribution is 7.98. The Morgan fingerprint density at radius 2 is 2.25 bits per heavy atom. The van der Waals surface area contributed by atoms with E-state index in [1.54, 1.807) is 0 Å². The van der Waals surface area contributed by atoms with Crippen molar-refractivity contribution in [2.24, 2.45) is 5.92 Å². The second kappa shape index (κ2) is 5.58. The number of aryl methyl sites for hydroxylation is 1. The number of hydrogen-bond acceptors (Lipinski definition) is 3. The zero-order chi connectivity index (χ0) is 11.5. The van der Waals surface area contributed by atoms with Crippen molar-refractivity contribution in [1.82, 2.24) is 10.3 Å². The van der Waals surface area contributed by atoms with Gasteiger partial charge in [-0.15, -0.1) is 0 Å². The van der Waals surface area contributed by atoms with Crippen molar-refractivity contribution in [1.29, 1.82) is 0 Å². The van der Waals surface area contributed by atoms with Gasteiger partial charge in [-0.1, -0.05) is 23.2 Å². The van der Waals surface area contributed by atoms with Gasteiger partial charge in [0.2, 0.25) is 0 Å². The maximum atomic E-state index is 6.15. The van der Waals surface area contributed by atoms with E-state index in [0.717, 1.165) is 46.8 Å². The standard InChI is InChI=1S/C11H14Cl2N2S/c1-7-2-10(12)9(11(13)15-7)6-16-5-8-3-14-4-8/h2,8,14H,3-6H2,1H3. The maximum absolute atomic E-state index is 6.15. The lowest BCUT2D eigenvalue weighted by Crippen LogP contribution is -2.43. The van der Waals surface area contributed by atoms with E-state index in [1.807, 2.05) is 24.8 Å². The second-order valence-electron chi connectivity index (χ2n) is 4.05. The summed E-state index contributed by atoms with van der Waals surface area (Å²) in [7, 11) is 0. The first-order valence-electron chi connectivity index (χ1n) is 5.27. The quantitative estimate of drug-likeness (QED) is 0.856. The molecule has 0 spiro atoms. The van der Waals surface area contributed by atoms with Gasteiger partial charge in [0, 0.05) is 22.0 Å². The van der Waals surface area contributed by atoms with Crippen LogP contribution in [0, 0.1) is 12.8 Å². The fraction of sp³-hybridized carbons (Fsp3) is 0.545. The molecule has 0 saturated carbocycles. The summed E-state index contributed by atoms with van der Waals surface area (Å²) in [5.41, 5.74) is 1.83. The summed E-state index contributed by atoms with van der Waals surface area (Å²) in [6.07, 6.45) is 0. The Kier molecular flexibility index (Phi) is 4.36. The highest BCUT2D eigenvalue weighted by Crippen LogP contribution is 2.28. The van der Waals surface area contributed by atoms with Gasteiger partial charge in [0.1, 0.15) is 5.15 Å². The van der Waals surface area contributed by atoms with Crippen molar-refractivity contribution < 1.29 is 0 Å². The van der Waals surface area contributed by atoms with Gasteiger partial charge in [-0.2, -0.15) is 11.8 Å². The molecule has 0 atom stereocenters. The van der Waals surface area contributed by atoms with Crippen LogP contribution in [-0.2, 0) is 5.75 Å². The van der Waals surface area contributed by atoms with Gasteiger partial charge >= 0.3 is 0 Å². The minimum Gasteiger partial charge on any atom is -0.316 e. The first-order valence-corrected chi connectivity index (χ1v) is 7.18. The molecule has 2 rings (SSSR count). The van der Waals surface area contributed by atoms with E-state index >= 15 is 0 Å². The summed E-state index contributed by atoms with van der Waals surface area (Å²) in [6, 6.07) is 1.87. The first kappa shape index (κ1) is 12.5. The molecule has 1 N–H and O–H groups in total. The van der Waals surface area contributed by atoms with Crippen molar-refractivity contribution >= 4 is 35.0 Å². The van der Waals surface area contributed by atoms with Crippen LogP contribution in [0.2, 0.25) is 10.2 Å². The van der Waals surface area contributed by atoms with Crippen LogP contribution in [0.1, 0.15) is 11.3 Å². The van der Waals surface area contributed by atoms with Crippen molar-refractivity contribution in [2.45, 2.75) is 12.7 Å². The molecular formula is C11H14Cl2N2S. The summed E-state index contributed by atoms with van der Waals surface area (Å²) in [6.45, 7) is 4.18. The average Bonchev–Trinajstić information content (AvgIpc) is 2.12. The lowest BCUT2D eigenvalue weighted by molar-refractivity contribution is 0.385. The van der Waals surface area contributed by atoms with Crippen molar-refractivity contribution in [2.75, 3.05) is 18.8 Å². The van der Waals surface area contributed by atoms with Gasteiger partial charge in [-0.05, 0) is 37.8 Å². The van der Waals surface area contributed by atoms with Gasteiger partial charge in [-0.3, -0.25) is 0 Å². The molecule has 0 radical (unpaired) electrons. The highest BCUT2D eigenvalue weighted by Gasteiger charge is 2.17. The van der Waals surface area contributed by atoms with Gasteiger partial charge < -0.3 is 5.32 Å². The number of rotatable bonds is 4. The zero-order valence-electron chi connectivity index (χ0n) is 9.09. The van der Waals surface area contributed by atoms with E-state index in [-0.39, 0.29) is 0 Å². The number of aromatic nitrogens is 1. The first-order chi connectivity index (χ1) is 7.66. The fourth-order valence-electron chi connectivity index (χ4n) is 1.55. The molecule has 0 amide bonds. The topological polar surface area (TPSA) is 24.9 Å². The third-order valence-electron chi connectivity index (χ3n) is 2.61. The van der Waals surface area contributed by atoms with Crippen LogP contribution in [0.4, 0.5) is 0 Å². The Balaban J connectivity index is 1.92. The minimum absolute atomic E-state index is 0.546. The lowest BCUT2D eigenvalue weighted by Gasteiger charge is -2.26. The Labute approximate surface area is 110 Å². The maximum Gasteiger partial charge on any atom is 0.134 e. The third kappa shape index (κ3) is 3.04. The molecule has 1 aromatic heterocycles. The molecule has 1 aliphatic heterocycles. The third-order valence-corrected chi connectivity index (χ3v) is 4.46. The molecule has 1 fully saturated rings. The second-order valence-corrected chi connectivity index (χ2v) is 5.85. The molecule has 2 heterocycles. The molecule has 0 bridgehead atoms. The van der Waals surface area contributed by atoms with E-state index in [0.29, 0.717) is 5.15 Å². The van der Waals surface area contributed by atoms with E-state index in [1.165, 1.54) is 0 Å². The van der Waals surface area contributed by atoms with Gasteiger partial charge in [0.05, 0.1) is 0 Å². The summed E-state index contributed by atoms with van der Waals surface area (Å²) >= 11 is 14.1. The number of pyridine rings is 1. The van der Waals surface area contributed by atoms with E-state index < -0.39 is 0 Å². The molecule has 1 aliphatic rings. The van der Waals surface area contributed by atoms with Crippen molar-refractivity contribution in [3.05, 3.63) is 27.5 Å². The van der Waals surface area contributed by atoms with Crippen LogP contribution in [-0.4, -0.2) is 23.8 Å². The van der Waals surface area contributed by atoms with Crippen LogP contribution in [0.5, 0.6) is 0 Å². The lowest BCUT2D eigenvalue weighted by atomic mass is 10.1. The van der Waals surface area contributed by atoms with E-state index in [4.69, 9.17) is 23.2 Å². The summed E-state index contributed by atoms with van der Waals surface area (Å²) in [5.74, 6) is 2.82. The van der Waals surface area contributed by atoms with E-state index in [2.05, 4.69) is 10.3 Å². The van der Waals surface area contributed by atoms with E-state index in [9.17, 15) is 0 Å². The Hall–Kier alpha value is 0.0400. The van der Waals surface area contributed by atoms with Gasteiger partial charge in [0.25, 0.3) is 0 Å². The predicted molar refractivity (Wildman–Crippen MR) is 71.5 cm³/mol. The predicted octanol–water partition coefficient (Wildman–Crippen LogP) is 3.15. The monoisotopic (exact) mass is 276 g/mol. The number of hydrogen-bond donors (Lipinski definition) is 1.